The number of nitrogens with two attached hydrogens (primary N) is 2. The summed E-state index contributed by atoms with van der Waals surface area (Å²) in [6.45, 7) is 3.69. The molecule has 4 atom stereocenters. The van der Waals surface area contributed by atoms with E-state index < -0.39 is 53.8 Å². The molecule has 4 amide bonds. The lowest BCUT2D eigenvalue weighted by atomic mass is 10.0. The minimum absolute atomic E-state index is 0.0199. The third-order valence-corrected chi connectivity index (χ3v) is 6.16. The fraction of sp³-hybridized carbons (Fsp3) is 0.560. The van der Waals surface area contributed by atoms with Gasteiger partial charge in [0.2, 0.25) is 23.6 Å². The van der Waals surface area contributed by atoms with Crippen LogP contribution in [-0.2, 0) is 30.4 Å². The number of aliphatic carboxylic acids is 1. The third kappa shape index (κ3) is 12.6. The zero-order chi connectivity index (χ0) is 28.0. The lowest BCUT2D eigenvalue weighted by molar-refractivity contribution is -0.142. The summed E-state index contributed by atoms with van der Waals surface area (Å²) in [6, 6.07) is 4.76. The Hall–Kier alpha value is -3.12. The van der Waals surface area contributed by atoms with E-state index in [2.05, 4.69) is 16.0 Å². The average molecular weight is 538 g/mol. The SMILES string of the molecule is CSCCC(NC(=O)C(Cc1ccccc1)NC(=O)C(N)CCC(N)=O)C(=O)NC(CC(C)C)C(=O)O. The molecule has 0 fully saturated rings. The van der Waals surface area contributed by atoms with Crippen molar-refractivity contribution >= 4 is 41.4 Å². The third-order valence-electron chi connectivity index (χ3n) is 5.52. The normalized spacial score (nSPS) is 14.2. The van der Waals surface area contributed by atoms with Gasteiger partial charge in [0.25, 0.3) is 0 Å². The van der Waals surface area contributed by atoms with E-state index in [9.17, 15) is 29.1 Å². The first-order chi connectivity index (χ1) is 17.4. The minimum atomic E-state index is -1.16. The van der Waals surface area contributed by atoms with E-state index >= 15 is 0 Å². The van der Waals surface area contributed by atoms with Gasteiger partial charge in [-0.15, -0.1) is 0 Å². The predicted molar refractivity (Wildman–Crippen MR) is 142 cm³/mol. The summed E-state index contributed by atoms with van der Waals surface area (Å²) in [5, 5.41) is 17.3. The number of rotatable bonds is 17. The summed E-state index contributed by atoms with van der Waals surface area (Å²) in [7, 11) is 0. The van der Waals surface area contributed by atoms with Gasteiger partial charge in [0.05, 0.1) is 6.04 Å². The molecule has 1 rings (SSSR count). The maximum absolute atomic E-state index is 13.3. The van der Waals surface area contributed by atoms with Crippen molar-refractivity contribution < 1.29 is 29.1 Å². The Bertz CT molecular complexity index is 914. The molecule has 12 heteroatoms. The molecule has 0 spiro atoms. The first kappa shape index (κ1) is 31.9. The standard InChI is InChI=1S/C25H39N5O6S/c1-15(2)13-20(25(35)36)30-23(33)18(11-12-37-3)28-24(34)19(14-16-7-5-4-6-8-16)29-22(32)17(26)9-10-21(27)31/h4-8,15,17-20H,9-14,26H2,1-3H3,(H2,27,31)(H,28,34)(H,29,32)(H,30,33)(H,35,36). The highest BCUT2D eigenvalue weighted by atomic mass is 32.2. The van der Waals surface area contributed by atoms with Crippen LogP contribution in [0.1, 0.15) is 45.1 Å². The van der Waals surface area contributed by atoms with Gasteiger partial charge >= 0.3 is 5.97 Å². The molecule has 4 unspecified atom stereocenters. The number of primary amides is 1. The number of nitrogens with one attached hydrogen (secondary N) is 3. The second kappa shape index (κ2) is 16.6. The summed E-state index contributed by atoms with van der Waals surface area (Å²) >= 11 is 1.47. The molecule has 1 aromatic rings. The van der Waals surface area contributed by atoms with Gasteiger partial charge in [-0.25, -0.2) is 4.79 Å². The molecular formula is C25H39N5O6S. The Labute approximate surface area is 221 Å². The number of hydrogen-bond donors (Lipinski definition) is 6. The quantitative estimate of drug-likeness (QED) is 0.162. The molecule has 0 aliphatic carbocycles. The van der Waals surface area contributed by atoms with Crippen LogP contribution in [0.5, 0.6) is 0 Å². The van der Waals surface area contributed by atoms with Crippen LogP contribution >= 0.6 is 11.8 Å². The fourth-order valence-electron chi connectivity index (χ4n) is 3.51. The lowest BCUT2D eigenvalue weighted by Crippen LogP contribution is -2.57. The molecule has 0 aromatic heterocycles. The molecule has 1 aromatic carbocycles. The van der Waals surface area contributed by atoms with E-state index in [0.29, 0.717) is 5.75 Å². The molecular weight excluding hydrogens is 498 g/mol. The number of carbonyl (C=O) groups is 5. The highest BCUT2D eigenvalue weighted by molar-refractivity contribution is 7.98. The molecule has 206 valence electrons. The van der Waals surface area contributed by atoms with Crippen molar-refractivity contribution in [3.05, 3.63) is 35.9 Å². The van der Waals surface area contributed by atoms with Crippen molar-refractivity contribution in [3.8, 4) is 0 Å². The summed E-state index contributed by atoms with van der Waals surface area (Å²) < 4.78 is 0. The molecule has 0 aliphatic heterocycles. The zero-order valence-corrected chi connectivity index (χ0v) is 22.4. The van der Waals surface area contributed by atoms with Crippen LogP contribution in [0.2, 0.25) is 0 Å². The van der Waals surface area contributed by atoms with E-state index in [1.165, 1.54) is 11.8 Å². The number of carbonyl (C=O) groups excluding carboxylic acids is 4. The van der Waals surface area contributed by atoms with Crippen LogP contribution in [0.4, 0.5) is 0 Å². The Morgan fingerprint density at radius 1 is 0.892 bits per heavy atom. The van der Waals surface area contributed by atoms with Crippen LogP contribution in [-0.4, -0.2) is 70.9 Å². The van der Waals surface area contributed by atoms with Crippen LogP contribution < -0.4 is 27.4 Å². The summed E-state index contributed by atoms with van der Waals surface area (Å²) in [5.41, 5.74) is 11.8. The lowest BCUT2D eigenvalue weighted by Gasteiger charge is -2.25. The van der Waals surface area contributed by atoms with Gasteiger partial charge in [-0.05, 0) is 42.8 Å². The molecule has 0 bridgehead atoms. The number of amides is 4. The monoisotopic (exact) mass is 537 g/mol. The minimum Gasteiger partial charge on any atom is -0.480 e. The van der Waals surface area contributed by atoms with Gasteiger partial charge in [-0.3, -0.25) is 19.2 Å². The van der Waals surface area contributed by atoms with Gasteiger partial charge < -0.3 is 32.5 Å². The van der Waals surface area contributed by atoms with Crippen molar-refractivity contribution in [3.63, 3.8) is 0 Å². The Morgan fingerprint density at radius 3 is 2.00 bits per heavy atom. The number of hydrogen-bond acceptors (Lipinski definition) is 7. The second-order valence-corrected chi connectivity index (χ2v) is 10.2. The van der Waals surface area contributed by atoms with E-state index in [4.69, 9.17) is 11.5 Å². The van der Waals surface area contributed by atoms with Crippen molar-refractivity contribution in [1.82, 2.24) is 16.0 Å². The fourth-order valence-corrected chi connectivity index (χ4v) is 3.98. The predicted octanol–water partition coefficient (Wildman–Crippen LogP) is 0.160. The van der Waals surface area contributed by atoms with Crippen molar-refractivity contribution in [1.29, 1.82) is 0 Å². The van der Waals surface area contributed by atoms with Crippen molar-refractivity contribution in [2.75, 3.05) is 12.0 Å². The van der Waals surface area contributed by atoms with E-state index in [1.54, 1.807) is 24.3 Å². The van der Waals surface area contributed by atoms with Gasteiger partial charge in [0, 0.05) is 12.8 Å². The van der Waals surface area contributed by atoms with Gasteiger partial charge in [0.15, 0.2) is 0 Å². The molecule has 0 aliphatic rings. The topological polar surface area (TPSA) is 194 Å². The highest BCUT2D eigenvalue weighted by Gasteiger charge is 2.30. The number of carboxylic acid groups (broad SMARTS) is 1. The van der Waals surface area contributed by atoms with Gasteiger partial charge in [-0.2, -0.15) is 11.8 Å². The Balaban J connectivity index is 3.07. The first-order valence-electron chi connectivity index (χ1n) is 12.1. The Morgan fingerprint density at radius 2 is 1.46 bits per heavy atom. The maximum Gasteiger partial charge on any atom is 0.326 e. The van der Waals surface area contributed by atoms with Crippen molar-refractivity contribution in [2.45, 2.75) is 70.1 Å². The van der Waals surface area contributed by atoms with E-state index in [0.717, 1.165) is 5.56 Å². The van der Waals surface area contributed by atoms with Crippen LogP contribution in [0.25, 0.3) is 0 Å². The van der Waals surface area contributed by atoms with Crippen LogP contribution in [0.3, 0.4) is 0 Å². The largest absolute Gasteiger partial charge is 0.480 e. The summed E-state index contributed by atoms with van der Waals surface area (Å²) in [5.74, 6) is -3.05. The van der Waals surface area contributed by atoms with Crippen LogP contribution in [0.15, 0.2) is 30.3 Å². The van der Waals surface area contributed by atoms with Gasteiger partial charge in [0.1, 0.15) is 18.1 Å². The zero-order valence-electron chi connectivity index (χ0n) is 21.6. The average Bonchev–Trinajstić information content (AvgIpc) is 2.84. The van der Waals surface area contributed by atoms with E-state index in [-0.39, 0.29) is 38.0 Å². The number of thioether (sulfide) groups is 1. The Kier molecular flexibility index (Phi) is 14.3. The number of benzene rings is 1. The summed E-state index contributed by atoms with van der Waals surface area (Å²) in [4.78, 5) is 61.6. The highest BCUT2D eigenvalue weighted by Crippen LogP contribution is 2.09. The van der Waals surface area contributed by atoms with E-state index in [1.807, 2.05) is 26.2 Å². The molecule has 37 heavy (non-hydrogen) atoms. The molecule has 0 heterocycles. The molecule has 8 N–H and O–H groups in total. The molecule has 0 radical (unpaired) electrons. The summed E-state index contributed by atoms with van der Waals surface area (Å²) in [6.07, 6.45) is 2.41. The van der Waals surface area contributed by atoms with Crippen molar-refractivity contribution in [2.24, 2.45) is 17.4 Å². The smallest absolute Gasteiger partial charge is 0.326 e. The molecule has 0 saturated carbocycles. The second-order valence-electron chi connectivity index (χ2n) is 9.23. The van der Waals surface area contributed by atoms with Crippen LogP contribution in [0, 0.1) is 5.92 Å². The number of carboxylic acids is 1. The van der Waals surface area contributed by atoms with Gasteiger partial charge in [-0.1, -0.05) is 44.2 Å². The molecule has 0 saturated heterocycles. The first-order valence-corrected chi connectivity index (χ1v) is 13.5. The molecule has 11 nitrogen and oxygen atoms in total. The maximum atomic E-state index is 13.3.